The number of aryl methyl sites for hydroxylation is 1. The minimum Gasteiger partial charge on any atom is -0.490 e. The van der Waals surface area contributed by atoms with E-state index < -0.39 is 0 Å². The molecule has 2 rings (SSSR count). The molecule has 23 heavy (non-hydrogen) atoms. The van der Waals surface area contributed by atoms with Crippen LogP contribution in [0.3, 0.4) is 0 Å². The molecular formula is C16H18N4O2S. The molecule has 0 saturated heterocycles. The molecule has 0 atom stereocenters. The topological polar surface area (TPSA) is 64.4 Å². The van der Waals surface area contributed by atoms with E-state index in [4.69, 9.17) is 28.1 Å². The Morgan fingerprint density at radius 3 is 2.91 bits per heavy atom. The maximum Gasteiger partial charge on any atom is 0.216 e. The summed E-state index contributed by atoms with van der Waals surface area (Å²) in [5.74, 6) is 4.43. The summed E-state index contributed by atoms with van der Waals surface area (Å²) in [5.41, 5.74) is 0.853. The van der Waals surface area contributed by atoms with E-state index in [1.165, 1.54) is 0 Å². The van der Waals surface area contributed by atoms with E-state index in [9.17, 15) is 0 Å². The summed E-state index contributed by atoms with van der Waals surface area (Å²) >= 11 is 5.16. The Hall–Kier alpha value is -2.59. The third-order valence-corrected chi connectivity index (χ3v) is 3.20. The highest BCUT2D eigenvalue weighted by molar-refractivity contribution is 7.71. The van der Waals surface area contributed by atoms with Crippen molar-refractivity contribution in [2.75, 3.05) is 13.2 Å². The van der Waals surface area contributed by atoms with Crippen molar-refractivity contribution in [3.63, 3.8) is 0 Å². The zero-order valence-electron chi connectivity index (χ0n) is 13.1. The number of nitrogens with one attached hydrogen (secondary N) is 1. The quantitative estimate of drug-likeness (QED) is 0.482. The Bertz CT molecular complexity index is 786. The lowest BCUT2D eigenvalue weighted by Crippen LogP contribution is -2.01. The molecule has 0 unspecified atom stereocenters. The number of hydrogen-bond donors (Lipinski definition) is 1. The lowest BCUT2D eigenvalue weighted by molar-refractivity contribution is 0.299. The van der Waals surface area contributed by atoms with Crippen LogP contribution in [0.4, 0.5) is 0 Å². The molecule has 2 aromatic rings. The van der Waals surface area contributed by atoms with Gasteiger partial charge in [-0.15, -0.1) is 6.42 Å². The van der Waals surface area contributed by atoms with Gasteiger partial charge in [0.05, 0.1) is 12.8 Å². The van der Waals surface area contributed by atoms with Crippen LogP contribution in [0.2, 0.25) is 0 Å². The predicted molar refractivity (Wildman–Crippen MR) is 91.7 cm³/mol. The lowest BCUT2D eigenvalue weighted by Gasteiger charge is -2.10. The summed E-state index contributed by atoms with van der Waals surface area (Å²) < 4.78 is 13.1. The van der Waals surface area contributed by atoms with Crippen LogP contribution in [0.1, 0.15) is 25.2 Å². The van der Waals surface area contributed by atoms with Crippen LogP contribution >= 0.6 is 12.2 Å². The molecule has 1 aromatic heterocycles. The van der Waals surface area contributed by atoms with Crippen LogP contribution in [0.25, 0.3) is 0 Å². The van der Waals surface area contributed by atoms with Crippen molar-refractivity contribution in [2.24, 2.45) is 5.10 Å². The Labute approximate surface area is 140 Å². The molecule has 1 heterocycles. The van der Waals surface area contributed by atoms with E-state index in [-0.39, 0.29) is 6.61 Å². The number of terminal acetylenes is 1. The number of hydrogen-bond acceptors (Lipinski definition) is 5. The van der Waals surface area contributed by atoms with Crippen LogP contribution < -0.4 is 9.47 Å². The minimum atomic E-state index is 0.192. The summed E-state index contributed by atoms with van der Waals surface area (Å²) in [6.07, 6.45) is 7.64. The van der Waals surface area contributed by atoms with Crippen molar-refractivity contribution >= 4 is 18.4 Å². The van der Waals surface area contributed by atoms with Crippen molar-refractivity contribution in [1.29, 1.82) is 0 Å². The highest BCUT2D eigenvalue weighted by atomic mass is 32.1. The van der Waals surface area contributed by atoms with Gasteiger partial charge in [0.2, 0.25) is 4.77 Å². The Morgan fingerprint density at radius 1 is 1.39 bits per heavy atom. The molecule has 1 aromatic carbocycles. The normalized spacial score (nSPS) is 10.7. The lowest BCUT2D eigenvalue weighted by atomic mass is 10.2. The molecule has 0 aliphatic rings. The second-order valence-electron chi connectivity index (χ2n) is 4.49. The number of benzene rings is 1. The largest absolute Gasteiger partial charge is 0.490 e. The summed E-state index contributed by atoms with van der Waals surface area (Å²) in [7, 11) is 0. The van der Waals surface area contributed by atoms with Crippen molar-refractivity contribution < 1.29 is 9.47 Å². The van der Waals surface area contributed by atoms with Crippen LogP contribution in [0.15, 0.2) is 23.3 Å². The standard InChI is InChI=1S/C16H18N4O2S/c1-4-9-22-13-8-7-12(10-14(13)21-6-3)11-17-20-15(5-2)18-19-16(20)23/h1,7-8,10-11H,5-6,9H2,2-3H3,(H,19,23)/b17-11-. The second kappa shape index (κ2) is 8.15. The number of rotatable bonds is 7. The number of nitrogens with zero attached hydrogens (tertiary/aromatic N) is 3. The Balaban J connectivity index is 2.28. The van der Waals surface area contributed by atoms with Gasteiger partial charge in [0.25, 0.3) is 0 Å². The fourth-order valence-electron chi connectivity index (χ4n) is 1.91. The molecule has 7 heteroatoms. The third kappa shape index (κ3) is 4.20. The molecule has 6 nitrogen and oxygen atoms in total. The molecule has 0 aliphatic heterocycles. The van der Waals surface area contributed by atoms with Gasteiger partial charge in [-0.25, -0.2) is 0 Å². The van der Waals surface area contributed by atoms with Gasteiger partial charge in [0, 0.05) is 6.42 Å². The first-order valence-electron chi connectivity index (χ1n) is 7.23. The molecule has 0 saturated carbocycles. The van der Waals surface area contributed by atoms with Gasteiger partial charge >= 0.3 is 0 Å². The molecule has 0 aliphatic carbocycles. The highest BCUT2D eigenvalue weighted by Crippen LogP contribution is 2.28. The Kier molecular flexibility index (Phi) is 5.94. The maximum atomic E-state index is 5.58. The summed E-state index contributed by atoms with van der Waals surface area (Å²) in [6.45, 7) is 4.61. The van der Waals surface area contributed by atoms with E-state index in [0.717, 1.165) is 17.8 Å². The first-order valence-corrected chi connectivity index (χ1v) is 7.64. The van der Waals surface area contributed by atoms with Crippen molar-refractivity contribution in [3.05, 3.63) is 34.4 Å². The molecule has 0 amide bonds. The minimum absolute atomic E-state index is 0.192. The molecule has 0 spiro atoms. The molecule has 0 radical (unpaired) electrons. The van der Waals surface area contributed by atoms with Gasteiger partial charge in [-0.1, -0.05) is 12.8 Å². The van der Waals surface area contributed by atoms with Crippen LogP contribution in [-0.2, 0) is 6.42 Å². The zero-order valence-corrected chi connectivity index (χ0v) is 13.9. The SMILES string of the molecule is C#CCOc1ccc(/C=N\n2c(CC)n[nH]c2=S)cc1OCC. The number of H-pyrrole nitrogens is 1. The van der Waals surface area contributed by atoms with Crippen molar-refractivity contribution in [2.45, 2.75) is 20.3 Å². The fourth-order valence-corrected chi connectivity index (χ4v) is 2.11. The van der Waals surface area contributed by atoms with Gasteiger partial charge in [0.1, 0.15) is 6.61 Å². The molecule has 1 N–H and O–H groups in total. The fraction of sp³-hybridized carbons (Fsp3) is 0.312. The summed E-state index contributed by atoms with van der Waals surface area (Å²) in [4.78, 5) is 0. The first kappa shape index (κ1) is 16.8. The van der Waals surface area contributed by atoms with E-state index >= 15 is 0 Å². The van der Waals surface area contributed by atoms with Crippen molar-refractivity contribution in [1.82, 2.24) is 14.9 Å². The van der Waals surface area contributed by atoms with Gasteiger partial charge in [-0.2, -0.15) is 14.9 Å². The third-order valence-electron chi connectivity index (χ3n) is 2.93. The van der Waals surface area contributed by atoms with Crippen LogP contribution in [-0.4, -0.2) is 34.3 Å². The molecule has 0 fully saturated rings. The summed E-state index contributed by atoms with van der Waals surface area (Å²) in [5, 5.41) is 11.2. The predicted octanol–water partition coefficient (Wildman–Crippen LogP) is 2.80. The highest BCUT2D eigenvalue weighted by Gasteiger charge is 2.06. The number of ether oxygens (including phenoxy) is 2. The van der Waals surface area contributed by atoms with Crippen LogP contribution in [0.5, 0.6) is 11.5 Å². The van der Waals surface area contributed by atoms with Gasteiger partial charge < -0.3 is 9.47 Å². The molecular weight excluding hydrogens is 312 g/mol. The molecule has 0 bridgehead atoms. The van der Waals surface area contributed by atoms with E-state index in [1.807, 2.05) is 26.0 Å². The zero-order chi connectivity index (χ0) is 16.7. The first-order chi connectivity index (χ1) is 11.2. The van der Waals surface area contributed by atoms with Gasteiger partial charge in [0.15, 0.2) is 17.3 Å². The van der Waals surface area contributed by atoms with E-state index in [2.05, 4.69) is 21.2 Å². The number of aromatic nitrogens is 3. The van der Waals surface area contributed by atoms with Crippen LogP contribution in [0, 0.1) is 17.1 Å². The summed E-state index contributed by atoms with van der Waals surface area (Å²) in [6, 6.07) is 5.51. The van der Waals surface area contributed by atoms with Crippen molar-refractivity contribution in [3.8, 4) is 23.8 Å². The maximum absolute atomic E-state index is 5.58. The van der Waals surface area contributed by atoms with E-state index in [0.29, 0.717) is 22.9 Å². The average molecular weight is 330 g/mol. The Morgan fingerprint density at radius 2 is 2.22 bits per heavy atom. The van der Waals surface area contributed by atoms with Gasteiger partial charge in [-0.3, -0.25) is 5.10 Å². The average Bonchev–Trinajstić information content (AvgIpc) is 2.92. The monoisotopic (exact) mass is 330 g/mol. The number of aromatic amines is 1. The molecule has 120 valence electrons. The van der Waals surface area contributed by atoms with Gasteiger partial charge in [-0.05, 0) is 42.9 Å². The smallest absolute Gasteiger partial charge is 0.216 e. The second-order valence-corrected chi connectivity index (χ2v) is 4.87. The van der Waals surface area contributed by atoms with E-state index in [1.54, 1.807) is 17.0 Å².